The van der Waals surface area contributed by atoms with Crippen LogP contribution in [0.25, 0.3) is 0 Å². The van der Waals surface area contributed by atoms with Crippen molar-refractivity contribution in [1.29, 1.82) is 0 Å². The molecule has 0 aliphatic rings. The van der Waals surface area contributed by atoms with Crippen LogP contribution in [0.1, 0.15) is 129 Å². The number of carbonyl (C=O) groups is 1. The third-order valence-corrected chi connectivity index (χ3v) is 5.79. The molecule has 0 radical (unpaired) electrons. The van der Waals surface area contributed by atoms with E-state index in [1.807, 2.05) is 0 Å². The van der Waals surface area contributed by atoms with Crippen LogP contribution in [0.15, 0.2) is 0 Å². The normalized spacial score (nSPS) is 12.3. The standard InChI is InChI=1S/C26H52O5/c1-2-3-4-5-6-7-8-9-10-11-12-13-14-15-16-18-21-30-24-25(23-27)31-22-19-17-20-26(28)29/h25,27H,2-24H2,1H3,(H,28,29)/t25-/m0/s1. The van der Waals surface area contributed by atoms with E-state index in [0.29, 0.717) is 26.1 Å². The summed E-state index contributed by atoms with van der Waals surface area (Å²) in [5, 5.41) is 17.9. The van der Waals surface area contributed by atoms with Gasteiger partial charge in [-0.1, -0.05) is 103 Å². The van der Waals surface area contributed by atoms with Gasteiger partial charge < -0.3 is 19.7 Å². The van der Waals surface area contributed by atoms with E-state index in [0.717, 1.165) is 13.0 Å². The molecule has 2 N–H and O–H groups in total. The highest BCUT2D eigenvalue weighted by atomic mass is 16.5. The Morgan fingerprint density at radius 3 is 1.58 bits per heavy atom. The molecule has 5 heteroatoms. The van der Waals surface area contributed by atoms with Gasteiger partial charge in [0, 0.05) is 19.6 Å². The van der Waals surface area contributed by atoms with E-state index >= 15 is 0 Å². The Balaban J connectivity index is 3.22. The van der Waals surface area contributed by atoms with Crippen molar-refractivity contribution in [1.82, 2.24) is 0 Å². The van der Waals surface area contributed by atoms with Gasteiger partial charge in [-0.15, -0.1) is 0 Å². The van der Waals surface area contributed by atoms with Crippen LogP contribution in [0.2, 0.25) is 0 Å². The molecule has 5 nitrogen and oxygen atoms in total. The smallest absolute Gasteiger partial charge is 0.303 e. The molecule has 0 aromatic rings. The van der Waals surface area contributed by atoms with E-state index in [9.17, 15) is 9.90 Å². The monoisotopic (exact) mass is 444 g/mol. The minimum absolute atomic E-state index is 0.0576. The lowest BCUT2D eigenvalue weighted by molar-refractivity contribution is -0.137. The van der Waals surface area contributed by atoms with E-state index in [1.54, 1.807) is 0 Å². The molecule has 186 valence electrons. The molecule has 0 aromatic heterocycles. The second-order valence-electron chi connectivity index (χ2n) is 8.90. The molecule has 0 amide bonds. The van der Waals surface area contributed by atoms with Crippen LogP contribution < -0.4 is 0 Å². The van der Waals surface area contributed by atoms with Crippen LogP contribution in [-0.4, -0.2) is 48.7 Å². The van der Waals surface area contributed by atoms with E-state index in [1.165, 1.54) is 96.3 Å². The Kier molecular flexibility index (Phi) is 25.1. The first-order valence-corrected chi connectivity index (χ1v) is 13.2. The first kappa shape index (κ1) is 30.4. The number of carboxylic acid groups (broad SMARTS) is 1. The van der Waals surface area contributed by atoms with Gasteiger partial charge in [-0.2, -0.15) is 0 Å². The summed E-state index contributed by atoms with van der Waals surface area (Å²) in [5.74, 6) is -0.777. The molecule has 0 spiro atoms. The zero-order valence-electron chi connectivity index (χ0n) is 20.5. The molecule has 31 heavy (non-hydrogen) atoms. The zero-order valence-corrected chi connectivity index (χ0v) is 20.5. The van der Waals surface area contributed by atoms with Crippen molar-refractivity contribution in [2.24, 2.45) is 0 Å². The van der Waals surface area contributed by atoms with E-state index in [-0.39, 0.29) is 19.1 Å². The number of hydrogen-bond acceptors (Lipinski definition) is 4. The third-order valence-electron chi connectivity index (χ3n) is 5.79. The summed E-state index contributed by atoms with van der Waals surface area (Å²) in [5.41, 5.74) is 0. The number of rotatable bonds is 26. The molecule has 0 aromatic carbocycles. The molecule has 0 aliphatic carbocycles. The third kappa shape index (κ3) is 25.5. The molecule has 0 rings (SSSR count). The van der Waals surface area contributed by atoms with Crippen LogP contribution in [-0.2, 0) is 14.3 Å². The number of aliphatic carboxylic acids is 1. The first-order chi connectivity index (χ1) is 15.2. The summed E-state index contributed by atoms with van der Waals surface area (Å²) in [6.07, 6.45) is 22.9. The molecule has 0 saturated heterocycles. The molecule has 1 atom stereocenters. The fourth-order valence-electron chi connectivity index (χ4n) is 3.75. The van der Waals surface area contributed by atoms with Crippen molar-refractivity contribution >= 4 is 5.97 Å². The second kappa shape index (κ2) is 25.6. The van der Waals surface area contributed by atoms with Crippen molar-refractivity contribution in [3.05, 3.63) is 0 Å². The number of hydrogen-bond donors (Lipinski definition) is 2. The minimum atomic E-state index is -0.777. The van der Waals surface area contributed by atoms with E-state index in [4.69, 9.17) is 14.6 Å². The number of ether oxygens (including phenoxy) is 2. The summed E-state index contributed by atoms with van der Waals surface area (Å²) in [6.45, 7) is 3.82. The van der Waals surface area contributed by atoms with Crippen LogP contribution >= 0.6 is 0 Å². The fourth-order valence-corrected chi connectivity index (χ4v) is 3.75. The molecular formula is C26H52O5. The number of carboxylic acids is 1. The molecule has 0 aliphatic heterocycles. The van der Waals surface area contributed by atoms with Crippen molar-refractivity contribution in [2.45, 2.75) is 135 Å². The molecule has 0 fully saturated rings. The fraction of sp³-hybridized carbons (Fsp3) is 0.962. The van der Waals surface area contributed by atoms with Crippen molar-refractivity contribution in [3.8, 4) is 0 Å². The van der Waals surface area contributed by atoms with Gasteiger partial charge in [0.1, 0.15) is 6.10 Å². The van der Waals surface area contributed by atoms with Crippen molar-refractivity contribution < 1.29 is 24.5 Å². The van der Waals surface area contributed by atoms with Gasteiger partial charge in [0.15, 0.2) is 0 Å². The molecule has 0 heterocycles. The summed E-state index contributed by atoms with van der Waals surface area (Å²) in [7, 11) is 0. The van der Waals surface area contributed by atoms with Gasteiger partial charge in [0.2, 0.25) is 0 Å². The highest BCUT2D eigenvalue weighted by Crippen LogP contribution is 2.13. The summed E-state index contributed by atoms with van der Waals surface area (Å²) < 4.78 is 11.2. The summed E-state index contributed by atoms with van der Waals surface area (Å²) in [4.78, 5) is 10.4. The Hall–Kier alpha value is -0.650. The van der Waals surface area contributed by atoms with Crippen LogP contribution in [0.5, 0.6) is 0 Å². The number of aliphatic hydroxyl groups is 1. The first-order valence-electron chi connectivity index (χ1n) is 13.2. The summed E-state index contributed by atoms with van der Waals surface area (Å²) >= 11 is 0. The lowest BCUT2D eigenvalue weighted by Crippen LogP contribution is -2.24. The van der Waals surface area contributed by atoms with Gasteiger partial charge in [0.05, 0.1) is 13.2 Å². The van der Waals surface area contributed by atoms with Gasteiger partial charge in [0.25, 0.3) is 0 Å². The van der Waals surface area contributed by atoms with Crippen molar-refractivity contribution in [2.75, 3.05) is 26.4 Å². The van der Waals surface area contributed by atoms with Gasteiger partial charge >= 0.3 is 5.97 Å². The Morgan fingerprint density at radius 1 is 0.677 bits per heavy atom. The van der Waals surface area contributed by atoms with Crippen LogP contribution in [0.3, 0.4) is 0 Å². The van der Waals surface area contributed by atoms with Gasteiger partial charge in [-0.05, 0) is 19.3 Å². The lowest BCUT2D eigenvalue weighted by Gasteiger charge is -2.15. The Labute approximate surface area is 192 Å². The van der Waals surface area contributed by atoms with Crippen molar-refractivity contribution in [3.63, 3.8) is 0 Å². The molecule has 0 bridgehead atoms. The minimum Gasteiger partial charge on any atom is -0.481 e. The topological polar surface area (TPSA) is 76.0 Å². The second-order valence-corrected chi connectivity index (χ2v) is 8.90. The van der Waals surface area contributed by atoms with E-state index in [2.05, 4.69) is 6.92 Å². The number of unbranched alkanes of at least 4 members (excludes halogenated alkanes) is 16. The Bertz CT molecular complexity index is 362. The average Bonchev–Trinajstić information content (AvgIpc) is 2.76. The maximum absolute atomic E-state index is 10.4. The quantitative estimate of drug-likeness (QED) is 0.142. The molecular weight excluding hydrogens is 392 g/mol. The largest absolute Gasteiger partial charge is 0.481 e. The van der Waals surface area contributed by atoms with Crippen LogP contribution in [0, 0.1) is 0 Å². The number of aliphatic hydroxyl groups excluding tert-OH is 1. The predicted octanol–water partition coefficient (Wildman–Crippen LogP) is 6.90. The van der Waals surface area contributed by atoms with Crippen LogP contribution in [0.4, 0.5) is 0 Å². The molecule has 0 unspecified atom stereocenters. The summed E-state index contributed by atoms with van der Waals surface area (Å²) in [6, 6.07) is 0. The maximum Gasteiger partial charge on any atom is 0.303 e. The lowest BCUT2D eigenvalue weighted by atomic mass is 10.0. The maximum atomic E-state index is 10.4. The SMILES string of the molecule is CCCCCCCCCCCCCCCCCCOC[C@H](CO)OCCCCC(=O)O. The zero-order chi connectivity index (χ0) is 22.8. The van der Waals surface area contributed by atoms with Gasteiger partial charge in [-0.3, -0.25) is 4.79 Å². The molecule has 0 saturated carbocycles. The van der Waals surface area contributed by atoms with E-state index < -0.39 is 5.97 Å². The highest BCUT2D eigenvalue weighted by Gasteiger charge is 2.08. The van der Waals surface area contributed by atoms with Gasteiger partial charge in [-0.25, -0.2) is 0 Å². The average molecular weight is 445 g/mol. The predicted molar refractivity (Wildman–Crippen MR) is 129 cm³/mol. The highest BCUT2D eigenvalue weighted by molar-refractivity contribution is 5.66. The Morgan fingerprint density at radius 2 is 1.13 bits per heavy atom.